The van der Waals surface area contributed by atoms with Crippen molar-refractivity contribution in [3.8, 4) is 28.1 Å². The van der Waals surface area contributed by atoms with Crippen molar-refractivity contribution in [2.75, 3.05) is 13.1 Å². The van der Waals surface area contributed by atoms with Crippen molar-refractivity contribution in [1.82, 2.24) is 19.9 Å². The molecule has 35 heavy (non-hydrogen) atoms. The number of hydrogen-bond donors (Lipinski definition) is 1. The number of aromatic nitrogens is 3. The highest BCUT2D eigenvalue weighted by Gasteiger charge is 2.31. The van der Waals surface area contributed by atoms with E-state index >= 15 is 0 Å². The minimum absolute atomic E-state index is 0.164. The Balaban J connectivity index is 1.48. The Morgan fingerprint density at radius 1 is 1.17 bits per heavy atom. The fourth-order valence-electron chi connectivity index (χ4n) is 4.32. The van der Waals surface area contributed by atoms with Gasteiger partial charge in [-0.05, 0) is 56.7 Å². The molecule has 1 N–H and O–H groups in total. The smallest absolute Gasteiger partial charge is 0.410 e. The van der Waals surface area contributed by atoms with E-state index in [9.17, 15) is 4.79 Å². The van der Waals surface area contributed by atoms with Crippen LogP contribution in [0.5, 0.6) is 5.75 Å². The van der Waals surface area contributed by atoms with Gasteiger partial charge in [0.25, 0.3) is 0 Å². The van der Waals surface area contributed by atoms with Gasteiger partial charge in [0.15, 0.2) is 0 Å². The standard InChI is InChI=1S/C27H27ClN4O3/c1-27(2,3)35-26(33)32-13-10-19(16-32)34-22-15-29-12-9-20(22)24-23(17-6-4-7-18(28)14-17)25-21(31-24)8-5-11-30-25/h4-9,11-12,14-15,19,31H,10,13,16H2,1-3H3/t19-/m1/s1. The minimum Gasteiger partial charge on any atom is -0.486 e. The topological polar surface area (TPSA) is 80.3 Å². The molecule has 1 amide bonds. The van der Waals surface area contributed by atoms with Crippen LogP contribution in [-0.4, -0.2) is 50.7 Å². The van der Waals surface area contributed by atoms with Crippen LogP contribution in [0.1, 0.15) is 27.2 Å². The SMILES string of the molecule is CC(C)(C)OC(=O)N1CC[C@@H](Oc2cnccc2-c2[nH]c3cccnc3c2-c2cccc(Cl)c2)C1. The van der Waals surface area contributed by atoms with Gasteiger partial charge in [0.2, 0.25) is 0 Å². The molecule has 3 aromatic heterocycles. The van der Waals surface area contributed by atoms with Gasteiger partial charge in [0.1, 0.15) is 17.5 Å². The number of rotatable bonds is 4. The largest absolute Gasteiger partial charge is 0.486 e. The molecule has 1 aliphatic rings. The van der Waals surface area contributed by atoms with Gasteiger partial charge in [-0.3, -0.25) is 9.97 Å². The Kier molecular flexibility index (Phi) is 6.11. The van der Waals surface area contributed by atoms with Crippen molar-refractivity contribution in [3.63, 3.8) is 0 Å². The highest BCUT2D eigenvalue weighted by molar-refractivity contribution is 6.31. The predicted octanol–water partition coefficient (Wildman–Crippen LogP) is 6.33. The number of H-pyrrole nitrogens is 1. The number of halogens is 1. The summed E-state index contributed by atoms with van der Waals surface area (Å²) in [4.78, 5) is 26.6. The predicted molar refractivity (Wildman–Crippen MR) is 137 cm³/mol. The average Bonchev–Trinajstić information content (AvgIpc) is 3.43. The second kappa shape index (κ2) is 9.23. The molecular weight excluding hydrogens is 464 g/mol. The molecule has 7 nitrogen and oxygen atoms in total. The fraction of sp³-hybridized carbons (Fsp3) is 0.296. The van der Waals surface area contributed by atoms with Crippen LogP contribution in [-0.2, 0) is 4.74 Å². The lowest BCUT2D eigenvalue weighted by atomic mass is 10.0. The van der Waals surface area contributed by atoms with Gasteiger partial charge >= 0.3 is 6.09 Å². The highest BCUT2D eigenvalue weighted by atomic mass is 35.5. The van der Waals surface area contributed by atoms with Crippen molar-refractivity contribution < 1.29 is 14.3 Å². The lowest BCUT2D eigenvalue weighted by molar-refractivity contribution is 0.0276. The van der Waals surface area contributed by atoms with Crippen molar-refractivity contribution in [2.24, 2.45) is 0 Å². The maximum atomic E-state index is 12.5. The van der Waals surface area contributed by atoms with Crippen molar-refractivity contribution in [2.45, 2.75) is 38.9 Å². The molecule has 0 bridgehead atoms. The summed E-state index contributed by atoms with van der Waals surface area (Å²) in [6.07, 6.45) is 5.46. The minimum atomic E-state index is -0.535. The number of carbonyl (C=O) groups is 1. The van der Waals surface area contributed by atoms with Gasteiger partial charge in [-0.1, -0.05) is 23.7 Å². The second-order valence-corrected chi connectivity index (χ2v) is 10.0. The molecule has 0 radical (unpaired) electrons. The molecule has 4 aromatic rings. The van der Waals surface area contributed by atoms with Crippen LogP contribution < -0.4 is 4.74 Å². The summed E-state index contributed by atoms with van der Waals surface area (Å²) in [5.41, 5.74) is 4.87. The molecule has 1 saturated heterocycles. The zero-order valence-corrected chi connectivity index (χ0v) is 20.7. The number of carbonyl (C=O) groups excluding carboxylic acids is 1. The van der Waals surface area contributed by atoms with Crippen LogP contribution in [0.4, 0.5) is 4.79 Å². The molecular formula is C27H27ClN4O3. The lowest BCUT2D eigenvalue weighted by Gasteiger charge is -2.24. The summed E-state index contributed by atoms with van der Waals surface area (Å²) in [5, 5.41) is 0.651. The first-order chi connectivity index (χ1) is 16.8. The summed E-state index contributed by atoms with van der Waals surface area (Å²) >= 11 is 6.33. The number of amides is 1. The van der Waals surface area contributed by atoms with E-state index in [2.05, 4.69) is 15.0 Å². The first-order valence-corrected chi connectivity index (χ1v) is 12.0. The van der Waals surface area contributed by atoms with Crippen LogP contribution in [0.25, 0.3) is 33.4 Å². The first-order valence-electron chi connectivity index (χ1n) is 11.6. The molecule has 0 aliphatic carbocycles. The molecule has 180 valence electrons. The number of fused-ring (bicyclic) bond motifs is 1. The number of aromatic amines is 1. The van der Waals surface area contributed by atoms with Crippen molar-refractivity contribution in [3.05, 3.63) is 66.1 Å². The van der Waals surface area contributed by atoms with Gasteiger partial charge in [-0.15, -0.1) is 0 Å². The molecule has 1 aliphatic heterocycles. The zero-order chi connectivity index (χ0) is 24.6. The molecule has 0 unspecified atom stereocenters. The van der Waals surface area contributed by atoms with Crippen molar-refractivity contribution in [1.29, 1.82) is 0 Å². The van der Waals surface area contributed by atoms with E-state index in [0.717, 1.165) is 33.4 Å². The summed E-state index contributed by atoms with van der Waals surface area (Å²) in [5.74, 6) is 0.637. The maximum Gasteiger partial charge on any atom is 0.410 e. The van der Waals surface area contributed by atoms with E-state index in [1.165, 1.54) is 0 Å². The number of nitrogens with zero attached hydrogens (tertiary/aromatic N) is 3. The van der Waals surface area contributed by atoms with E-state index in [0.29, 0.717) is 30.3 Å². The lowest BCUT2D eigenvalue weighted by Crippen LogP contribution is -2.36. The Bertz CT molecular complexity index is 1380. The Morgan fingerprint density at radius 3 is 2.83 bits per heavy atom. The summed E-state index contributed by atoms with van der Waals surface area (Å²) < 4.78 is 11.9. The molecule has 4 heterocycles. The van der Waals surface area contributed by atoms with Crippen LogP contribution >= 0.6 is 11.6 Å². The second-order valence-electron chi connectivity index (χ2n) is 9.61. The van der Waals surface area contributed by atoms with Gasteiger partial charge < -0.3 is 19.4 Å². The number of nitrogens with one attached hydrogen (secondary N) is 1. The molecule has 1 atom stereocenters. The average molecular weight is 491 g/mol. The van der Waals surface area contributed by atoms with Crippen molar-refractivity contribution >= 4 is 28.7 Å². The Morgan fingerprint density at radius 2 is 2.03 bits per heavy atom. The van der Waals surface area contributed by atoms with E-state index in [1.807, 2.05) is 63.2 Å². The molecule has 1 fully saturated rings. The number of pyridine rings is 2. The Labute approximate surface area is 209 Å². The summed E-state index contributed by atoms with van der Waals surface area (Å²) in [6, 6.07) is 13.6. The maximum absolute atomic E-state index is 12.5. The van der Waals surface area contributed by atoms with Crippen LogP contribution in [0.3, 0.4) is 0 Å². The summed E-state index contributed by atoms with van der Waals surface area (Å²) in [7, 11) is 0. The number of benzene rings is 1. The number of hydrogen-bond acceptors (Lipinski definition) is 5. The zero-order valence-electron chi connectivity index (χ0n) is 19.9. The van der Waals surface area contributed by atoms with Crippen LogP contribution in [0.2, 0.25) is 5.02 Å². The van der Waals surface area contributed by atoms with E-state index < -0.39 is 5.60 Å². The molecule has 0 spiro atoms. The van der Waals surface area contributed by atoms with Crippen LogP contribution in [0.15, 0.2) is 61.1 Å². The first kappa shape index (κ1) is 23.2. The molecule has 1 aromatic carbocycles. The fourth-order valence-corrected chi connectivity index (χ4v) is 4.51. The van der Waals surface area contributed by atoms with E-state index in [-0.39, 0.29) is 12.2 Å². The van der Waals surface area contributed by atoms with Gasteiger partial charge in [0.05, 0.1) is 29.5 Å². The normalized spacial score (nSPS) is 16.0. The van der Waals surface area contributed by atoms with Gasteiger partial charge in [-0.25, -0.2) is 4.79 Å². The number of likely N-dealkylation sites (tertiary alicyclic amines) is 1. The monoisotopic (exact) mass is 490 g/mol. The Hall–Kier alpha value is -3.58. The third kappa shape index (κ3) is 4.95. The number of ether oxygens (including phenoxy) is 2. The van der Waals surface area contributed by atoms with E-state index in [4.69, 9.17) is 21.1 Å². The molecule has 5 rings (SSSR count). The quantitative estimate of drug-likeness (QED) is 0.361. The summed E-state index contributed by atoms with van der Waals surface area (Å²) in [6.45, 7) is 6.63. The van der Waals surface area contributed by atoms with Gasteiger partial charge in [0, 0.05) is 41.5 Å². The third-order valence-corrected chi connectivity index (χ3v) is 6.05. The van der Waals surface area contributed by atoms with Gasteiger partial charge in [-0.2, -0.15) is 0 Å². The third-order valence-electron chi connectivity index (χ3n) is 5.81. The van der Waals surface area contributed by atoms with E-state index in [1.54, 1.807) is 23.5 Å². The molecule has 8 heteroatoms. The highest BCUT2D eigenvalue weighted by Crippen LogP contribution is 2.41. The van der Waals surface area contributed by atoms with Crippen LogP contribution in [0, 0.1) is 0 Å². The molecule has 0 saturated carbocycles.